The normalized spacial score (nSPS) is 14.1. The molecule has 3 rings (SSSR count). The molecular formula is C24H28N2O3. The third-order valence-electron chi connectivity index (χ3n) is 4.88. The zero-order valence-electron chi connectivity index (χ0n) is 16.8. The van der Waals surface area contributed by atoms with Gasteiger partial charge in [-0.25, -0.2) is 0 Å². The van der Waals surface area contributed by atoms with E-state index in [2.05, 4.69) is 10.6 Å². The van der Waals surface area contributed by atoms with Gasteiger partial charge in [0.2, 0.25) is 11.8 Å². The van der Waals surface area contributed by atoms with Crippen molar-refractivity contribution in [1.29, 1.82) is 0 Å². The van der Waals surface area contributed by atoms with Crippen LogP contribution in [0.3, 0.4) is 0 Å². The Morgan fingerprint density at radius 1 is 1.10 bits per heavy atom. The number of ether oxygens (including phenoxy) is 1. The van der Waals surface area contributed by atoms with E-state index in [9.17, 15) is 9.59 Å². The standard InChI is InChI=1S/C24H28N2O3/c1-18(27)26-21-12-9-19(10-13-21)15-16-25-24(28)14-11-20-5-4-8-23(17-20)29-22-6-2-3-7-22/h4-5,8-14,17,22H,2-3,6-7,15-16H2,1H3,(H,25,28)(H,26,27)/b14-11+. The molecule has 29 heavy (non-hydrogen) atoms. The van der Waals surface area contributed by atoms with E-state index in [1.807, 2.05) is 48.5 Å². The molecule has 2 aromatic rings. The number of carbonyl (C=O) groups excluding carboxylic acids is 2. The van der Waals surface area contributed by atoms with Gasteiger partial charge in [-0.2, -0.15) is 0 Å². The molecule has 1 aliphatic rings. The van der Waals surface area contributed by atoms with Gasteiger partial charge in [0.05, 0.1) is 6.10 Å². The van der Waals surface area contributed by atoms with Gasteiger partial charge in [0, 0.05) is 25.2 Å². The lowest BCUT2D eigenvalue weighted by molar-refractivity contribution is -0.116. The Bertz CT molecular complexity index is 853. The monoisotopic (exact) mass is 392 g/mol. The number of hydrogen-bond acceptors (Lipinski definition) is 3. The summed E-state index contributed by atoms with van der Waals surface area (Å²) in [4.78, 5) is 23.1. The minimum absolute atomic E-state index is 0.0903. The first-order valence-electron chi connectivity index (χ1n) is 10.2. The summed E-state index contributed by atoms with van der Waals surface area (Å²) in [5.41, 5.74) is 2.82. The highest BCUT2D eigenvalue weighted by Crippen LogP contribution is 2.24. The van der Waals surface area contributed by atoms with Crippen LogP contribution in [0.5, 0.6) is 5.75 Å². The number of carbonyl (C=O) groups is 2. The van der Waals surface area contributed by atoms with Gasteiger partial charge in [0.1, 0.15) is 5.75 Å². The quantitative estimate of drug-likeness (QED) is 0.657. The second kappa shape index (κ2) is 10.5. The van der Waals surface area contributed by atoms with E-state index in [4.69, 9.17) is 4.74 Å². The second-order valence-electron chi connectivity index (χ2n) is 7.35. The molecule has 0 unspecified atom stereocenters. The highest BCUT2D eigenvalue weighted by Gasteiger charge is 2.16. The Kier molecular flexibility index (Phi) is 7.45. The lowest BCUT2D eigenvalue weighted by Gasteiger charge is -2.13. The zero-order chi connectivity index (χ0) is 20.5. The molecule has 0 aromatic heterocycles. The lowest BCUT2D eigenvalue weighted by atomic mass is 10.1. The molecular weight excluding hydrogens is 364 g/mol. The molecule has 5 heteroatoms. The van der Waals surface area contributed by atoms with Crippen molar-refractivity contribution in [3.8, 4) is 5.75 Å². The lowest BCUT2D eigenvalue weighted by Crippen LogP contribution is -2.23. The Morgan fingerprint density at radius 2 is 1.86 bits per heavy atom. The first kappa shape index (κ1) is 20.6. The van der Waals surface area contributed by atoms with Gasteiger partial charge in [-0.15, -0.1) is 0 Å². The Balaban J connectivity index is 1.43. The predicted molar refractivity (Wildman–Crippen MR) is 116 cm³/mol. The summed E-state index contributed by atoms with van der Waals surface area (Å²) in [5.74, 6) is 0.650. The largest absolute Gasteiger partial charge is 0.490 e. The average Bonchev–Trinajstić information content (AvgIpc) is 3.21. The maximum absolute atomic E-state index is 12.1. The first-order chi connectivity index (χ1) is 14.1. The number of amides is 2. The molecule has 5 nitrogen and oxygen atoms in total. The minimum Gasteiger partial charge on any atom is -0.490 e. The fourth-order valence-corrected chi connectivity index (χ4v) is 3.41. The van der Waals surface area contributed by atoms with Crippen LogP contribution in [0, 0.1) is 0 Å². The molecule has 0 atom stereocenters. The van der Waals surface area contributed by atoms with E-state index in [1.165, 1.54) is 19.8 Å². The molecule has 0 saturated heterocycles. The molecule has 1 saturated carbocycles. The zero-order valence-corrected chi connectivity index (χ0v) is 16.8. The molecule has 2 amide bonds. The Labute approximate surface area is 172 Å². The van der Waals surface area contributed by atoms with Crippen LogP contribution in [0.25, 0.3) is 6.08 Å². The van der Waals surface area contributed by atoms with Crippen molar-refractivity contribution in [2.24, 2.45) is 0 Å². The van der Waals surface area contributed by atoms with E-state index >= 15 is 0 Å². The van der Waals surface area contributed by atoms with Crippen molar-refractivity contribution in [3.63, 3.8) is 0 Å². The summed E-state index contributed by atoms with van der Waals surface area (Å²) in [6, 6.07) is 15.5. The van der Waals surface area contributed by atoms with Crippen molar-refractivity contribution in [3.05, 3.63) is 65.7 Å². The van der Waals surface area contributed by atoms with Crippen LogP contribution in [0.1, 0.15) is 43.7 Å². The van der Waals surface area contributed by atoms with E-state index < -0.39 is 0 Å². The van der Waals surface area contributed by atoms with E-state index in [0.29, 0.717) is 12.6 Å². The van der Waals surface area contributed by atoms with E-state index in [-0.39, 0.29) is 11.8 Å². The van der Waals surface area contributed by atoms with Crippen LogP contribution >= 0.6 is 0 Å². The summed E-state index contributed by atoms with van der Waals surface area (Å²) in [6.07, 6.45) is 9.13. The Morgan fingerprint density at radius 3 is 2.59 bits per heavy atom. The molecule has 1 aliphatic carbocycles. The maximum Gasteiger partial charge on any atom is 0.244 e. The summed E-state index contributed by atoms with van der Waals surface area (Å²) in [5, 5.41) is 5.63. The van der Waals surface area contributed by atoms with Gasteiger partial charge in [-0.05, 0) is 73.6 Å². The number of hydrogen-bond donors (Lipinski definition) is 2. The molecule has 0 aliphatic heterocycles. The third-order valence-corrected chi connectivity index (χ3v) is 4.88. The molecule has 2 N–H and O–H groups in total. The van der Waals surface area contributed by atoms with E-state index in [1.54, 1.807) is 12.2 Å². The van der Waals surface area contributed by atoms with Crippen molar-refractivity contribution < 1.29 is 14.3 Å². The van der Waals surface area contributed by atoms with Crippen LogP contribution in [0.2, 0.25) is 0 Å². The summed E-state index contributed by atoms with van der Waals surface area (Å²) in [7, 11) is 0. The second-order valence-corrected chi connectivity index (χ2v) is 7.35. The maximum atomic E-state index is 12.1. The highest BCUT2D eigenvalue weighted by atomic mass is 16.5. The van der Waals surface area contributed by atoms with Gasteiger partial charge in [-0.1, -0.05) is 24.3 Å². The summed E-state index contributed by atoms with van der Waals surface area (Å²) in [6.45, 7) is 2.03. The van der Waals surface area contributed by atoms with E-state index in [0.717, 1.165) is 41.8 Å². The average molecular weight is 392 g/mol. The topological polar surface area (TPSA) is 67.4 Å². The molecule has 152 valence electrons. The third kappa shape index (κ3) is 7.11. The van der Waals surface area contributed by atoms with Gasteiger partial charge in [0.25, 0.3) is 0 Å². The van der Waals surface area contributed by atoms with Crippen LogP contribution in [0.15, 0.2) is 54.6 Å². The number of benzene rings is 2. The van der Waals surface area contributed by atoms with Gasteiger partial charge in [0.15, 0.2) is 0 Å². The smallest absolute Gasteiger partial charge is 0.244 e. The molecule has 0 spiro atoms. The van der Waals surface area contributed by atoms with Crippen LogP contribution in [-0.4, -0.2) is 24.5 Å². The van der Waals surface area contributed by atoms with Gasteiger partial charge in [-0.3, -0.25) is 9.59 Å². The Hall–Kier alpha value is -3.08. The minimum atomic E-state index is -0.123. The molecule has 0 bridgehead atoms. The fourth-order valence-electron chi connectivity index (χ4n) is 3.41. The predicted octanol–water partition coefficient (Wildman–Crippen LogP) is 4.34. The number of rotatable bonds is 8. The molecule has 0 radical (unpaired) electrons. The number of anilines is 1. The van der Waals surface area contributed by atoms with Crippen molar-refractivity contribution in [2.75, 3.05) is 11.9 Å². The van der Waals surface area contributed by atoms with Crippen molar-refractivity contribution >= 4 is 23.6 Å². The molecule has 1 fully saturated rings. The number of nitrogens with one attached hydrogen (secondary N) is 2. The fraction of sp³-hybridized carbons (Fsp3) is 0.333. The molecule has 2 aromatic carbocycles. The summed E-state index contributed by atoms with van der Waals surface area (Å²) < 4.78 is 6.01. The van der Waals surface area contributed by atoms with Crippen LogP contribution in [0.4, 0.5) is 5.69 Å². The van der Waals surface area contributed by atoms with Gasteiger partial charge < -0.3 is 15.4 Å². The van der Waals surface area contributed by atoms with Crippen molar-refractivity contribution in [2.45, 2.75) is 45.1 Å². The first-order valence-corrected chi connectivity index (χ1v) is 10.2. The summed E-state index contributed by atoms with van der Waals surface area (Å²) >= 11 is 0. The highest BCUT2D eigenvalue weighted by molar-refractivity contribution is 5.91. The van der Waals surface area contributed by atoms with Gasteiger partial charge >= 0.3 is 0 Å². The molecule has 0 heterocycles. The van der Waals surface area contributed by atoms with Crippen LogP contribution < -0.4 is 15.4 Å². The van der Waals surface area contributed by atoms with Crippen molar-refractivity contribution in [1.82, 2.24) is 5.32 Å². The van der Waals surface area contributed by atoms with Crippen LogP contribution in [-0.2, 0) is 16.0 Å². The SMILES string of the molecule is CC(=O)Nc1ccc(CCNC(=O)/C=C/c2cccc(OC3CCCC3)c2)cc1.